The van der Waals surface area contributed by atoms with Crippen molar-refractivity contribution in [3.05, 3.63) is 12.4 Å². The van der Waals surface area contributed by atoms with Crippen LogP contribution in [0.3, 0.4) is 0 Å². The zero-order valence-electron chi connectivity index (χ0n) is 10.8. The molecule has 2 aromatic rings. The molecular weight excluding hydrogens is 316 g/mol. The first-order valence-electron chi connectivity index (χ1n) is 5.74. The molecule has 2 aromatic heterocycles. The van der Waals surface area contributed by atoms with Gasteiger partial charge < -0.3 is 15.6 Å². The Hall–Kier alpha value is -1.26. The molecule has 108 valence electrons. The third-order valence-corrected chi connectivity index (χ3v) is 5.13. The molecule has 10 heteroatoms. The molecule has 0 atom stereocenters. The van der Waals surface area contributed by atoms with Gasteiger partial charge in [0, 0.05) is 31.7 Å². The van der Waals surface area contributed by atoms with Crippen LogP contribution in [0.1, 0.15) is 0 Å². The molecule has 2 heterocycles. The fourth-order valence-electron chi connectivity index (χ4n) is 1.28. The van der Waals surface area contributed by atoms with Gasteiger partial charge in [-0.05, 0) is 0 Å². The molecule has 0 saturated heterocycles. The van der Waals surface area contributed by atoms with E-state index in [1.807, 2.05) is 17.8 Å². The van der Waals surface area contributed by atoms with Crippen LogP contribution in [0, 0.1) is 0 Å². The summed E-state index contributed by atoms with van der Waals surface area (Å²) in [5.41, 5.74) is 5.46. The number of aryl methyl sites for hydroxylation is 1. The van der Waals surface area contributed by atoms with Crippen molar-refractivity contribution in [2.45, 2.75) is 9.50 Å². The fraction of sp³-hybridized carbons (Fsp3) is 0.400. The lowest BCUT2D eigenvalue weighted by Crippen LogP contribution is -2.27. The molecule has 1 amide bonds. The predicted octanol–water partition coefficient (Wildman–Crippen LogP) is 0.854. The van der Waals surface area contributed by atoms with E-state index in [1.165, 1.54) is 23.1 Å². The number of thioether (sulfide) groups is 2. The molecular formula is C10H14N6OS3. The van der Waals surface area contributed by atoms with Crippen LogP contribution in [0.5, 0.6) is 0 Å². The first-order chi connectivity index (χ1) is 9.65. The number of hydrogen-bond acceptors (Lipinski definition) is 8. The summed E-state index contributed by atoms with van der Waals surface area (Å²) >= 11 is 4.23. The number of hydrogen-bond donors (Lipinski definition) is 2. The van der Waals surface area contributed by atoms with Crippen molar-refractivity contribution in [1.29, 1.82) is 0 Å². The van der Waals surface area contributed by atoms with Crippen LogP contribution in [0.2, 0.25) is 0 Å². The van der Waals surface area contributed by atoms with Crippen molar-refractivity contribution in [2.24, 2.45) is 7.05 Å². The van der Waals surface area contributed by atoms with Crippen LogP contribution >= 0.6 is 34.9 Å². The number of rotatable bonds is 7. The number of nitrogens with zero attached hydrogens (tertiary/aromatic N) is 4. The Bertz CT molecular complexity index is 569. The van der Waals surface area contributed by atoms with Gasteiger partial charge in [0.05, 0.1) is 5.75 Å². The van der Waals surface area contributed by atoms with E-state index in [0.29, 0.717) is 21.8 Å². The highest BCUT2D eigenvalue weighted by molar-refractivity contribution is 8.01. The van der Waals surface area contributed by atoms with E-state index in [9.17, 15) is 4.79 Å². The summed E-state index contributed by atoms with van der Waals surface area (Å²) in [5, 5.41) is 11.7. The maximum absolute atomic E-state index is 11.6. The molecule has 0 aliphatic rings. The smallest absolute Gasteiger partial charge is 0.230 e. The number of nitrogens with two attached hydrogens (primary N) is 1. The number of nitrogens with one attached hydrogen (secondary N) is 1. The summed E-state index contributed by atoms with van der Waals surface area (Å²) < 4.78 is 2.65. The van der Waals surface area contributed by atoms with E-state index in [2.05, 4.69) is 20.5 Å². The van der Waals surface area contributed by atoms with Crippen LogP contribution in [0.15, 0.2) is 21.9 Å². The number of carbonyl (C=O) groups is 1. The minimum Gasteiger partial charge on any atom is -0.374 e. The second kappa shape index (κ2) is 7.50. The number of carbonyl (C=O) groups excluding carboxylic acids is 1. The number of imidazole rings is 1. The average Bonchev–Trinajstić information content (AvgIpc) is 3.01. The minimum absolute atomic E-state index is 0.0239. The zero-order valence-corrected chi connectivity index (χ0v) is 13.2. The minimum atomic E-state index is -0.0239. The summed E-state index contributed by atoms with van der Waals surface area (Å²) in [7, 11) is 1.94. The predicted molar refractivity (Wildman–Crippen MR) is 82.0 cm³/mol. The molecule has 0 spiro atoms. The van der Waals surface area contributed by atoms with Gasteiger partial charge in [-0.15, -0.1) is 10.2 Å². The van der Waals surface area contributed by atoms with Crippen molar-refractivity contribution >= 4 is 45.9 Å². The third kappa shape index (κ3) is 4.69. The number of aromatic nitrogens is 4. The second-order valence-electron chi connectivity index (χ2n) is 3.71. The summed E-state index contributed by atoms with van der Waals surface area (Å²) in [6, 6.07) is 0. The molecule has 0 aliphatic heterocycles. The fourth-order valence-corrected chi connectivity index (χ4v) is 3.53. The maximum Gasteiger partial charge on any atom is 0.230 e. The number of anilines is 1. The Labute approximate surface area is 128 Å². The quantitative estimate of drug-likeness (QED) is 0.573. The van der Waals surface area contributed by atoms with Crippen molar-refractivity contribution in [3.8, 4) is 0 Å². The molecule has 0 fully saturated rings. The monoisotopic (exact) mass is 330 g/mol. The zero-order chi connectivity index (χ0) is 14.4. The molecule has 0 aliphatic carbocycles. The van der Waals surface area contributed by atoms with Gasteiger partial charge in [0.25, 0.3) is 0 Å². The SMILES string of the molecule is Cn1ccnc1SCCNC(=O)CSc1nnc(N)s1. The Balaban J connectivity index is 1.59. The van der Waals surface area contributed by atoms with Crippen LogP contribution < -0.4 is 11.1 Å². The van der Waals surface area contributed by atoms with E-state index < -0.39 is 0 Å². The largest absolute Gasteiger partial charge is 0.374 e. The van der Waals surface area contributed by atoms with E-state index in [-0.39, 0.29) is 5.91 Å². The standard InChI is InChI=1S/C10H14N6OS3/c1-16-4-2-13-9(16)18-5-3-12-7(17)6-19-10-15-14-8(11)20-10/h2,4H,3,5-6H2,1H3,(H2,11,14)(H,12,17). The van der Waals surface area contributed by atoms with Crippen LogP contribution in [0.4, 0.5) is 5.13 Å². The van der Waals surface area contributed by atoms with Gasteiger partial charge in [0.1, 0.15) is 0 Å². The van der Waals surface area contributed by atoms with Crippen molar-refractivity contribution < 1.29 is 4.79 Å². The van der Waals surface area contributed by atoms with E-state index in [1.54, 1.807) is 18.0 Å². The number of nitrogen functional groups attached to an aromatic ring is 1. The Morgan fingerprint density at radius 1 is 1.50 bits per heavy atom. The molecule has 3 N–H and O–H groups in total. The molecule has 0 bridgehead atoms. The molecule has 0 saturated carbocycles. The third-order valence-electron chi connectivity index (χ3n) is 2.18. The topological polar surface area (TPSA) is 98.7 Å². The van der Waals surface area contributed by atoms with Crippen molar-refractivity contribution in [1.82, 2.24) is 25.1 Å². The van der Waals surface area contributed by atoms with Crippen molar-refractivity contribution in [3.63, 3.8) is 0 Å². The highest BCUT2D eigenvalue weighted by atomic mass is 32.2. The lowest BCUT2D eigenvalue weighted by molar-refractivity contribution is -0.118. The van der Waals surface area contributed by atoms with Gasteiger partial charge in [0.2, 0.25) is 11.0 Å². The molecule has 7 nitrogen and oxygen atoms in total. The Kier molecular flexibility index (Phi) is 5.68. The molecule has 0 aromatic carbocycles. The van der Waals surface area contributed by atoms with Crippen LogP contribution in [-0.4, -0.2) is 43.7 Å². The van der Waals surface area contributed by atoms with Crippen LogP contribution in [0.25, 0.3) is 0 Å². The lowest BCUT2D eigenvalue weighted by Gasteiger charge is -2.04. The van der Waals surface area contributed by atoms with E-state index in [0.717, 1.165) is 10.9 Å². The maximum atomic E-state index is 11.6. The molecule has 20 heavy (non-hydrogen) atoms. The normalized spacial score (nSPS) is 10.7. The Morgan fingerprint density at radius 2 is 2.35 bits per heavy atom. The van der Waals surface area contributed by atoms with Crippen LogP contribution in [-0.2, 0) is 11.8 Å². The lowest BCUT2D eigenvalue weighted by atomic mass is 10.6. The highest BCUT2D eigenvalue weighted by Gasteiger charge is 2.06. The highest BCUT2D eigenvalue weighted by Crippen LogP contribution is 2.22. The second-order valence-corrected chi connectivity index (χ2v) is 7.01. The summed E-state index contributed by atoms with van der Waals surface area (Å²) in [6.45, 7) is 0.606. The van der Waals surface area contributed by atoms with E-state index in [4.69, 9.17) is 5.73 Å². The molecule has 0 radical (unpaired) electrons. The van der Waals surface area contributed by atoms with Gasteiger partial charge >= 0.3 is 0 Å². The summed E-state index contributed by atoms with van der Waals surface area (Å²) in [6.07, 6.45) is 3.65. The summed E-state index contributed by atoms with van der Waals surface area (Å²) in [4.78, 5) is 15.8. The summed E-state index contributed by atoms with van der Waals surface area (Å²) in [5.74, 6) is 1.08. The Morgan fingerprint density at radius 3 is 3.00 bits per heavy atom. The molecule has 2 rings (SSSR count). The first kappa shape index (κ1) is 15.1. The van der Waals surface area contributed by atoms with E-state index >= 15 is 0 Å². The molecule has 0 unspecified atom stereocenters. The average molecular weight is 330 g/mol. The number of amides is 1. The van der Waals surface area contributed by atoms with Gasteiger partial charge in [-0.1, -0.05) is 34.9 Å². The van der Waals surface area contributed by atoms with Gasteiger partial charge in [-0.25, -0.2) is 4.98 Å². The van der Waals surface area contributed by atoms with Gasteiger partial charge in [-0.2, -0.15) is 0 Å². The van der Waals surface area contributed by atoms with Gasteiger partial charge in [-0.3, -0.25) is 4.79 Å². The van der Waals surface area contributed by atoms with Crippen molar-refractivity contribution in [2.75, 3.05) is 23.8 Å². The van der Waals surface area contributed by atoms with Gasteiger partial charge in [0.15, 0.2) is 9.50 Å². The first-order valence-corrected chi connectivity index (χ1v) is 8.52.